The van der Waals surface area contributed by atoms with E-state index in [9.17, 15) is 10.1 Å². The lowest BCUT2D eigenvalue weighted by atomic mass is 9.82. The van der Waals surface area contributed by atoms with Gasteiger partial charge in [0.05, 0.1) is 17.7 Å². The number of hydrogen-bond donors (Lipinski definition) is 0. The van der Waals surface area contributed by atoms with Crippen LogP contribution in [0.2, 0.25) is 0 Å². The van der Waals surface area contributed by atoms with Crippen LogP contribution in [0.4, 0.5) is 0 Å². The van der Waals surface area contributed by atoms with Crippen molar-refractivity contribution in [3.63, 3.8) is 0 Å². The van der Waals surface area contributed by atoms with E-state index in [2.05, 4.69) is 31.8 Å². The van der Waals surface area contributed by atoms with Crippen LogP contribution in [0, 0.1) is 16.7 Å². The smallest absolute Gasteiger partial charge is 0.338 e. The van der Waals surface area contributed by atoms with E-state index in [4.69, 9.17) is 4.74 Å². The SMILES string of the molecule is CCOC(=O)c1ccccc1C(C#N)=NC(C)(C)CC(C)(C)C. The van der Waals surface area contributed by atoms with Crippen LogP contribution < -0.4 is 0 Å². The summed E-state index contributed by atoms with van der Waals surface area (Å²) in [7, 11) is 0. The van der Waals surface area contributed by atoms with Crippen molar-refractivity contribution in [3.05, 3.63) is 35.4 Å². The summed E-state index contributed by atoms with van der Waals surface area (Å²) in [5.74, 6) is -0.431. The molecule has 1 aromatic carbocycles. The summed E-state index contributed by atoms with van der Waals surface area (Å²) in [5, 5.41) is 9.54. The van der Waals surface area contributed by atoms with Gasteiger partial charge in [0, 0.05) is 5.56 Å². The number of hydrogen-bond acceptors (Lipinski definition) is 4. The first-order valence-electron chi connectivity index (χ1n) is 7.86. The minimum Gasteiger partial charge on any atom is -0.462 e. The molecule has 0 spiro atoms. The monoisotopic (exact) mass is 314 g/mol. The third kappa shape index (κ3) is 5.86. The molecule has 0 radical (unpaired) electrons. The molecule has 124 valence electrons. The van der Waals surface area contributed by atoms with Crippen molar-refractivity contribution >= 4 is 11.7 Å². The molecule has 4 nitrogen and oxygen atoms in total. The number of nitrogens with zero attached hydrogens (tertiary/aromatic N) is 2. The lowest BCUT2D eigenvalue weighted by Crippen LogP contribution is -2.27. The highest BCUT2D eigenvalue weighted by Gasteiger charge is 2.26. The molecule has 0 aromatic heterocycles. The Kier molecular flexibility index (Phi) is 6.09. The maximum Gasteiger partial charge on any atom is 0.338 e. The Balaban J connectivity index is 3.29. The van der Waals surface area contributed by atoms with E-state index in [1.807, 2.05) is 13.8 Å². The number of carbonyl (C=O) groups is 1. The van der Waals surface area contributed by atoms with Crippen molar-refractivity contribution in [2.24, 2.45) is 10.4 Å². The number of aliphatic imine (C=N–C) groups is 1. The van der Waals surface area contributed by atoms with Gasteiger partial charge in [-0.15, -0.1) is 0 Å². The van der Waals surface area contributed by atoms with E-state index in [0.717, 1.165) is 6.42 Å². The van der Waals surface area contributed by atoms with Crippen molar-refractivity contribution in [2.45, 2.75) is 53.5 Å². The molecule has 4 heteroatoms. The molecule has 1 aromatic rings. The molecule has 0 amide bonds. The molecule has 0 saturated heterocycles. The first-order valence-corrected chi connectivity index (χ1v) is 7.86. The maximum absolute atomic E-state index is 12.1. The second-order valence-electron chi connectivity index (χ2n) is 7.39. The summed E-state index contributed by atoms with van der Waals surface area (Å²) in [6.07, 6.45) is 0.826. The van der Waals surface area contributed by atoms with Crippen LogP contribution in [-0.4, -0.2) is 23.8 Å². The van der Waals surface area contributed by atoms with Crippen LogP contribution in [-0.2, 0) is 4.74 Å². The van der Waals surface area contributed by atoms with Gasteiger partial charge in [0.1, 0.15) is 11.8 Å². The zero-order chi connectivity index (χ0) is 17.7. The van der Waals surface area contributed by atoms with E-state index >= 15 is 0 Å². The Morgan fingerprint density at radius 1 is 1.17 bits per heavy atom. The van der Waals surface area contributed by atoms with Gasteiger partial charge in [-0.2, -0.15) is 5.26 Å². The molecular formula is C19H26N2O2. The summed E-state index contributed by atoms with van der Waals surface area (Å²) in [6, 6.07) is 9.09. The number of rotatable bonds is 5. The number of ether oxygens (including phenoxy) is 1. The van der Waals surface area contributed by atoms with Gasteiger partial charge < -0.3 is 4.74 Å². The van der Waals surface area contributed by atoms with E-state index < -0.39 is 11.5 Å². The van der Waals surface area contributed by atoms with Crippen molar-refractivity contribution in [2.75, 3.05) is 6.61 Å². The summed E-state index contributed by atoms with van der Waals surface area (Å²) in [6.45, 7) is 12.5. The predicted molar refractivity (Wildman–Crippen MR) is 92.7 cm³/mol. The molecule has 0 bridgehead atoms. The third-order valence-electron chi connectivity index (χ3n) is 3.16. The Hall–Kier alpha value is -2.15. The Morgan fingerprint density at radius 2 is 1.74 bits per heavy atom. The average Bonchev–Trinajstić information content (AvgIpc) is 2.42. The molecule has 0 fully saturated rings. The second kappa shape index (κ2) is 7.41. The fourth-order valence-corrected chi connectivity index (χ4v) is 2.86. The van der Waals surface area contributed by atoms with E-state index in [-0.39, 0.29) is 11.1 Å². The average molecular weight is 314 g/mol. The van der Waals surface area contributed by atoms with E-state index in [0.29, 0.717) is 17.7 Å². The molecule has 0 N–H and O–H groups in total. The Labute approximate surface area is 139 Å². The molecule has 0 heterocycles. The number of nitriles is 1. The normalized spacial score (nSPS) is 12.7. The van der Waals surface area contributed by atoms with Gasteiger partial charge in [-0.1, -0.05) is 39.0 Å². The minimum atomic E-state index is -0.431. The second-order valence-corrected chi connectivity index (χ2v) is 7.39. The lowest BCUT2D eigenvalue weighted by molar-refractivity contribution is 0.0526. The van der Waals surface area contributed by atoms with Crippen molar-refractivity contribution in [1.29, 1.82) is 5.26 Å². The molecule has 0 unspecified atom stereocenters. The first-order chi connectivity index (χ1) is 10.6. The Morgan fingerprint density at radius 3 is 2.22 bits per heavy atom. The van der Waals surface area contributed by atoms with Crippen molar-refractivity contribution < 1.29 is 9.53 Å². The van der Waals surface area contributed by atoms with E-state index in [1.54, 1.807) is 31.2 Å². The zero-order valence-corrected chi connectivity index (χ0v) is 14.9. The summed E-state index contributed by atoms with van der Waals surface area (Å²) in [4.78, 5) is 16.7. The van der Waals surface area contributed by atoms with Crippen LogP contribution in [0.15, 0.2) is 29.3 Å². The fourth-order valence-electron chi connectivity index (χ4n) is 2.86. The number of benzene rings is 1. The maximum atomic E-state index is 12.1. The van der Waals surface area contributed by atoms with Gasteiger partial charge in [0.25, 0.3) is 0 Å². The topological polar surface area (TPSA) is 62.5 Å². The molecule has 0 aliphatic rings. The number of esters is 1. The van der Waals surface area contributed by atoms with Crippen LogP contribution in [0.25, 0.3) is 0 Å². The predicted octanol–water partition coefficient (Wildman–Crippen LogP) is 4.39. The highest BCUT2D eigenvalue weighted by atomic mass is 16.5. The van der Waals surface area contributed by atoms with Crippen molar-refractivity contribution in [3.8, 4) is 6.07 Å². The van der Waals surface area contributed by atoms with Gasteiger partial charge >= 0.3 is 5.97 Å². The van der Waals surface area contributed by atoms with Crippen LogP contribution >= 0.6 is 0 Å². The molecule has 23 heavy (non-hydrogen) atoms. The quantitative estimate of drug-likeness (QED) is 0.598. The highest BCUT2D eigenvalue weighted by Crippen LogP contribution is 2.30. The largest absolute Gasteiger partial charge is 0.462 e. The van der Waals surface area contributed by atoms with Gasteiger partial charge in [-0.05, 0) is 38.7 Å². The van der Waals surface area contributed by atoms with Gasteiger partial charge in [-0.25, -0.2) is 4.79 Å². The van der Waals surface area contributed by atoms with Crippen LogP contribution in [0.1, 0.15) is 63.9 Å². The lowest BCUT2D eigenvalue weighted by Gasteiger charge is -2.29. The van der Waals surface area contributed by atoms with E-state index in [1.165, 1.54) is 0 Å². The highest BCUT2D eigenvalue weighted by molar-refractivity contribution is 6.16. The van der Waals surface area contributed by atoms with Gasteiger partial charge in [0.15, 0.2) is 0 Å². The standard InChI is InChI=1S/C19H26N2O2/c1-7-23-17(22)15-11-9-8-10-14(15)16(12-20)21-19(5,6)13-18(2,3)4/h8-11H,7,13H2,1-6H3. The fraction of sp³-hybridized carbons (Fsp3) is 0.526. The molecular weight excluding hydrogens is 288 g/mol. The first kappa shape index (κ1) is 18.9. The number of carbonyl (C=O) groups excluding carboxylic acids is 1. The zero-order valence-electron chi connectivity index (χ0n) is 14.9. The molecule has 0 saturated carbocycles. The van der Waals surface area contributed by atoms with Crippen LogP contribution in [0.3, 0.4) is 0 Å². The molecule has 1 rings (SSSR count). The Bertz CT molecular complexity index is 632. The molecule has 0 atom stereocenters. The van der Waals surface area contributed by atoms with Crippen molar-refractivity contribution in [1.82, 2.24) is 0 Å². The van der Waals surface area contributed by atoms with Gasteiger partial charge in [0.2, 0.25) is 0 Å². The van der Waals surface area contributed by atoms with Gasteiger partial charge in [-0.3, -0.25) is 4.99 Å². The summed E-state index contributed by atoms with van der Waals surface area (Å²) < 4.78 is 5.07. The molecule has 0 aliphatic carbocycles. The molecule has 0 aliphatic heterocycles. The minimum absolute atomic E-state index is 0.0915. The van der Waals surface area contributed by atoms with Crippen LogP contribution in [0.5, 0.6) is 0 Å². The summed E-state index contributed by atoms with van der Waals surface area (Å²) in [5.41, 5.74) is 0.860. The summed E-state index contributed by atoms with van der Waals surface area (Å²) >= 11 is 0. The third-order valence-corrected chi connectivity index (χ3v) is 3.16.